The minimum absolute atomic E-state index is 0.0441. The van der Waals surface area contributed by atoms with Crippen LogP contribution in [0.15, 0.2) is 43.5 Å². The SMILES string of the molecule is C=C(C(=O)N(C(N)=S)c1nc(C(C)(C)C)c(-n2ccnc2)s1)c1ccc(O)c(OC)c1. The van der Waals surface area contributed by atoms with Crippen molar-refractivity contribution in [3.05, 3.63) is 54.8 Å². The van der Waals surface area contributed by atoms with Crippen LogP contribution in [0.4, 0.5) is 5.13 Å². The summed E-state index contributed by atoms with van der Waals surface area (Å²) in [6.07, 6.45) is 5.14. The molecule has 2 aromatic heterocycles. The highest BCUT2D eigenvalue weighted by Crippen LogP contribution is 2.37. The Hall–Kier alpha value is -3.24. The minimum Gasteiger partial charge on any atom is -0.504 e. The fraction of sp³-hybridized carbons (Fsp3) is 0.238. The van der Waals surface area contributed by atoms with Gasteiger partial charge < -0.3 is 15.6 Å². The molecule has 8 nitrogen and oxygen atoms in total. The van der Waals surface area contributed by atoms with Crippen LogP contribution in [0.1, 0.15) is 32.0 Å². The van der Waals surface area contributed by atoms with Gasteiger partial charge in [-0.2, -0.15) is 0 Å². The van der Waals surface area contributed by atoms with E-state index in [-0.39, 0.29) is 27.6 Å². The number of methoxy groups -OCH3 is 1. The van der Waals surface area contributed by atoms with Crippen LogP contribution in [-0.2, 0) is 10.2 Å². The van der Waals surface area contributed by atoms with Crippen molar-refractivity contribution < 1.29 is 14.6 Å². The molecule has 0 aliphatic heterocycles. The first-order valence-corrected chi connectivity index (χ1v) is 10.5. The first-order valence-electron chi connectivity index (χ1n) is 9.24. The number of hydrogen-bond acceptors (Lipinski definition) is 7. The average Bonchev–Trinajstić information content (AvgIpc) is 3.37. The Morgan fingerprint density at radius 3 is 2.65 bits per heavy atom. The topological polar surface area (TPSA) is 107 Å². The molecule has 0 spiro atoms. The molecule has 0 saturated heterocycles. The molecule has 3 N–H and O–H groups in total. The first-order chi connectivity index (χ1) is 14.5. The van der Waals surface area contributed by atoms with Gasteiger partial charge in [0.15, 0.2) is 16.6 Å². The number of thiazole rings is 1. The van der Waals surface area contributed by atoms with Crippen molar-refractivity contribution in [1.29, 1.82) is 0 Å². The number of anilines is 1. The summed E-state index contributed by atoms with van der Waals surface area (Å²) < 4.78 is 6.96. The monoisotopic (exact) mass is 457 g/mol. The van der Waals surface area contributed by atoms with Gasteiger partial charge >= 0.3 is 0 Å². The predicted octanol–water partition coefficient (Wildman–Crippen LogP) is 3.63. The second-order valence-electron chi connectivity index (χ2n) is 7.71. The van der Waals surface area contributed by atoms with Gasteiger partial charge in [0.05, 0.1) is 19.1 Å². The van der Waals surface area contributed by atoms with Crippen molar-refractivity contribution >= 4 is 45.3 Å². The molecular weight excluding hydrogens is 434 g/mol. The lowest BCUT2D eigenvalue weighted by Crippen LogP contribution is -2.41. The quantitative estimate of drug-likeness (QED) is 0.445. The van der Waals surface area contributed by atoms with E-state index in [9.17, 15) is 9.90 Å². The summed E-state index contributed by atoms with van der Waals surface area (Å²) in [4.78, 5) is 23.3. The van der Waals surface area contributed by atoms with Gasteiger partial charge in [-0.15, -0.1) is 0 Å². The number of phenolic OH excluding ortho intramolecular Hbond substituents is 1. The van der Waals surface area contributed by atoms with E-state index in [1.165, 1.54) is 30.6 Å². The van der Waals surface area contributed by atoms with Crippen LogP contribution in [0, 0.1) is 0 Å². The maximum atomic E-state index is 13.3. The summed E-state index contributed by atoms with van der Waals surface area (Å²) in [6.45, 7) is 9.99. The molecule has 1 amide bonds. The molecule has 0 aliphatic rings. The molecule has 10 heteroatoms. The van der Waals surface area contributed by atoms with Gasteiger partial charge in [-0.25, -0.2) is 14.9 Å². The molecule has 3 rings (SSSR count). The number of imidazole rings is 1. The summed E-state index contributed by atoms with van der Waals surface area (Å²) in [6, 6.07) is 4.51. The van der Waals surface area contributed by atoms with E-state index in [4.69, 9.17) is 27.7 Å². The average molecular weight is 458 g/mol. The smallest absolute Gasteiger partial charge is 0.266 e. The van der Waals surface area contributed by atoms with E-state index in [1.54, 1.807) is 24.8 Å². The van der Waals surface area contributed by atoms with Crippen LogP contribution in [0.3, 0.4) is 0 Å². The number of benzene rings is 1. The number of aromatic nitrogens is 3. The molecule has 3 aromatic rings. The van der Waals surface area contributed by atoms with E-state index in [1.807, 2.05) is 25.3 Å². The highest BCUT2D eigenvalue weighted by molar-refractivity contribution is 7.80. The molecule has 0 atom stereocenters. The fourth-order valence-electron chi connectivity index (χ4n) is 2.84. The Kier molecular flexibility index (Phi) is 6.14. The second kappa shape index (κ2) is 8.48. The Bertz CT molecular complexity index is 1150. The molecule has 0 fully saturated rings. The van der Waals surface area contributed by atoms with Crippen LogP contribution in [0.2, 0.25) is 0 Å². The summed E-state index contributed by atoms with van der Waals surface area (Å²) in [5.74, 6) is -0.343. The van der Waals surface area contributed by atoms with Crippen LogP contribution >= 0.6 is 23.6 Å². The molecule has 0 saturated carbocycles. The van der Waals surface area contributed by atoms with Crippen LogP contribution < -0.4 is 15.4 Å². The highest BCUT2D eigenvalue weighted by atomic mass is 32.1. The third kappa shape index (κ3) is 4.44. The van der Waals surface area contributed by atoms with Crippen molar-refractivity contribution in [2.45, 2.75) is 26.2 Å². The van der Waals surface area contributed by atoms with Crippen molar-refractivity contribution in [2.75, 3.05) is 12.0 Å². The van der Waals surface area contributed by atoms with Gasteiger partial charge in [-0.1, -0.05) is 44.8 Å². The predicted molar refractivity (Wildman–Crippen MR) is 126 cm³/mol. The number of aromatic hydroxyl groups is 1. The van der Waals surface area contributed by atoms with Crippen LogP contribution in [0.5, 0.6) is 11.5 Å². The summed E-state index contributed by atoms with van der Waals surface area (Å²) >= 11 is 6.46. The van der Waals surface area contributed by atoms with Gasteiger partial charge in [0.2, 0.25) is 5.13 Å². The number of phenols is 1. The van der Waals surface area contributed by atoms with Gasteiger partial charge in [0.25, 0.3) is 5.91 Å². The van der Waals surface area contributed by atoms with E-state index < -0.39 is 5.91 Å². The summed E-state index contributed by atoms with van der Waals surface area (Å²) in [5, 5.41) is 10.8. The zero-order chi connectivity index (χ0) is 22.9. The Balaban J connectivity index is 2.06. The molecule has 1 aromatic carbocycles. The third-order valence-electron chi connectivity index (χ3n) is 4.45. The number of rotatable bonds is 5. The normalized spacial score (nSPS) is 11.2. The molecule has 0 bridgehead atoms. The highest BCUT2D eigenvalue weighted by Gasteiger charge is 2.31. The van der Waals surface area contributed by atoms with Crippen molar-refractivity contribution in [1.82, 2.24) is 14.5 Å². The number of amides is 1. The number of carbonyl (C=O) groups excluding carboxylic acids is 1. The largest absolute Gasteiger partial charge is 0.504 e. The molecule has 0 unspecified atom stereocenters. The van der Waals surface area contributed by atoms with Gasteiger partial charge in [0, 0.05) is 23.4 Å². The zero-order valence-corrected chi connectivity index (χ0v) is 19.3. The molecule has 162 valence electrons. The Labute approximate surface area is 189 Å². The van der Waals surface area contributed by atoms with E-state index in [0.29, 0.717) is 10.7 Å². The number of thiocarbonyl (C=S) groups is 1. The number of nitrogens with two attached hydrogens (primary N) is 1. The van der Waals surface area contributed by atoms with Crippen LogP contribution in [-0.4, -0.2) is 37.8 Å². The maximum Gasteiger partial charge on any atom is 0.266 e. The summed E-state index contributed by atoms with van der Waals surface area (Å²) in [5.41, 5.74) is 6.99. The maximum absolute atomic E-state index is 13.3. The van der Waals surface area contributed by atoms with Gasteiger partial charge in [-0.05, 0) is 29.9 Å². The lowest BCUT2D eigenvalue weighted by molar-refractivity contribution is -0.112. The van der Waals surface area contributed by atoms with E-state index >= 15 is 0 Å². The minimum atomic E-state index is -0.522. The molecule has 0 aliphatic carbocycles. The lowest BCUT2D eigenvalue weighted by atomic mass is 9.92. The molecule has 2 heterocycles. The van der Waals surface area contributed by atoms with Gasteiger partial charge in [-0.3, -0.25) is 9.36 Å². The molecular formula is C21H23N5O3S2. The molecule has 31 heavy (non-hydrogen) atoms. The third-order valence-corrected chi connectivity index (χ3v) is 5.68. The van der Waals surface area contributed by atoms with Crippen LogP contribution in [0.25, 0.3) is 10.6 Å². The van der Waals surface area contributed by atoms with Crippen molar-refractivity contribution in [3.63, 3.8) is 0 Å². The number of carbonyl (C=O) groups is 1. The number of ether oxygens (including phenoxy) is 1. The Morgan fingerprint density at radius 1 is 1.39 bits per heavy atom. The second-order valence-corrected chi connectivity index (χ2v) is 9.09. The standard InChI is InChI=1S/C21H23N5O3S2/c1-12(13-6-7-14(27)15(10-13)29-5)17(28)26(19(22)30)20-24-16(21(2,3)4)18(31-20)25-9-8-23-11-25/h6-11,27H,1H2,2-5H3,(H2,22,30). The fourth-order valence-corrected chi connectivity index (χ4v) is 4.32. The van der Waals surface area contributed by atoms with Gasteiger partial charge in [0.1, 0.15) is 5.00 Å². The van der Waals surface area contributed by atoms with Crippen molar-refractivity contribution in [3.8, 4) is 16.5 Å². The Morgan fingerprint density at radius 2 is 2.10 bits per heavy atom. The zero-order valence-electron chi connectivity index (χ0n) is 17.6. The van der Waals surface area contributed by atoms with E-state index in [0.717, 1.165) is 15.6 Å². The number of nitrogens with zero attached hydrogens (tertiary/aromatic N) is 4. The van der Waals surface area contributed by atoms with Crippen molar-refractivity contribution in [2.24, 2.45) is 5.73 Å². The molecule has 0 radical (unpaired) electrons. The number of hydrogen-bond donors (Lipinski definition) is 2. The summed E-state index contributed by atoms with van der Waals surface area (Å²) in [7, 11) is 1.42. The first kappa shape index (κ1) is 22.4. The lowest BCUT2D eigenvalue weighted by Gasteiger charge is -2.20. The van der Waals surface area contributed by atoms with E-state index in [2.05, 4.69) is 11.6 Å².